The summed E-state index contributed by atoms with van der Waals surface area (Å²) in [5.41, 5.74) is 2.00. The molecular weight excluding hydrogens is 324 g/mol. The van der Waals surface area contributed by atoms with E-state index in [0.717, 1.165) is 5.56 Å². The maximum absolute atomic E-state index is 12.0. The molecule has 0 aliphatic carbocycles. The molecule has 0 spiro atoms. The number of hydrogen-bond acceptors (Lipinski definition) is 6. The lowest BCUT2D eigenvalue weighted by Gasteiger charge is -2.18. The average molecular weight is 344 g/mol. The third-order valence-electron chi connectivity index (χ3n) is 4.54. The van der Waals surface area contributed by atoms with Crippen LogP contribution in [0.1, 0.15) is 47.4 Å². The average Bonchev–Trinajstić information content (AvgIpc) is 2.94. The van der Waals surface area contributed by atoms with Crippen LogP contribution in [0.4, 0.5) is 0 Å². The van der Waals surface area contributed by atoms with Crippen molar-refractivity contribution in [1.29, 1.82) is 0 Å². The Balaban J connectivity index is 2.12. The van der Waals surface area contributed by atoms with Crippen LogP contribution >= 0.6 is 0 Å². The van der Waals surface area contributed by atoms with Crippen molar-refractivity contribution >= 4 is 5.78 Å². The monoisotopic (exact) mass is 344 g/mol. The fourth-order valence-corrected chi connectivity index (χ4v) is 3.29. The highest BCUT2D eigenvalue weighted by molar-refractivity contribution is 5.97. The predicted octanol–water partition coefficient (Wildman–Crippen LogP) is 3.55. The standard InChI is InChI=1S/C19H20O6/c1-9-16-12(10(2)20)5-6-14(23-3)19(16)25-18(9)11-7-13(21)17(22)15(8-11)24-4/h5-9,18,21-22H,1-4H3. The molecule has 3 rings (SSSR count). The van der Waals surface area contributed by atoms with Crippen molar-refractivity contribution in [3.05, 3.63) is 41.0 Å². The largest absolute Gasteiger partial charge is 0.504 e. The summed E-state index contributed by atoms with van der Waals surface area (Å²) in [7, 11) is 2.95. The number of fused-ring (bicyclic) bond motifs is 1. The maximum Gasteiger partial charge on any atom is 0.200 e. The molecule has 1 heterocycles. The van der Waals surface area contributed by atoms with Gasteiger partial charge >= 0.3 is 0 Å². The van der Waals surface area contributed by atoms with Crippen molar-refractivity contribution in [3.63, 3.8) is 0 Å². The molecule has 1 aliphatic rings. The molecule has 0 bridgehead atoms. The zero-order valence-corrected chi connectivity index (χ0v) is 14.5. The van der Waals surface area contributed by atoms with E-state index in [4.69, 9.17) is 14.2 Å². The molecule has 0 saturated heterocycles. The first kappa shape index (κ1) is 17.0. The molecule has 25 heavy (non-hydrogen) atoms. The number of ketones is 1. The van der Waals surface area contributed by atoms with E-state index in [1.807, 2.05) is 6.92 Å². The minimum atomic E-state index is -0.454. The lowest BCUT2D eigenvalue weighted by molar-refractivity contribution is 0.101. The van der Waals surface area contributed by atoms with Gasteiger partial charge < -0.3 is 24.4 Å². The van der Waals surface area contributed by atoms with Crippen molar-refractivity contribution in [2.45, 2.75) is 25.9 Å². The molecule has 2 aromatic carbocycles. The van der Waals surface area contributed by atoms with Gasteiger partial charge in [0.25, 0.3) is 0 Å². The Hall–Kier alpha value is -2.89. The van der Waals surface area contributed by atoms with Gasteiger partial charge in [-0.1, -0.05) is 6.92 Å². The molecular formula is C19H20O6. The van der Waals surface area contributed by atoms with Gasteiger partial charge in [0, 0.05) is 22.6 Å². The molecule has 1 aliphatic heterocycles. The molecule has 6 nitrogen and oxygen atoms in total. The van der Waals surface area contributed by atoms with Crippen LogP contribution in [0.3, 0.4) is 0 Å². The molecule has 0 saturated carbocycles. The Morgan fingerprint density at radius 1 is 1.12 bits per heavy atom. The highest BCUT2D eigenvalue weighted by Gasteiger charge is 2.38. The van der Waals surface area contributed by atoms with Gasteiger partial charge in [-0.05, 0) is 31.2 Å². The molecule has 2 atom stereocenters. The minimum absolute atomic E-state index is 0.0545. The van der Waals surface area contributed by atoms with Gasteiger partial charge in [0.05, 0.1) is 14.2 Å². The Morgan fingerprint density at radius 3 is 2.40 bits per heavy atom. The van der Waals surface area contributed by atoms with E-state index < -0.39 is 6.10 Å². The smallest absolute Gasteiger partial charge is 0.200 e. The first-order valence-corrected chi connectivity index (χ1v) is 7.87. The molecule has 0 aromatic heterocycles. The molecule has 0 radical (unpaired) electrons. The molecule has 2 unspecified atom stereocenters. The van der Waals surface area contributed by atoms with Crippen LogP contribution < -0.4 is 14.2 Å². The summed E-state index contributed by atoms with van der Waals surface area (Å²) in [5, 5.41) is 19.8. The molecule has 0 fully saturated rings. The van der Waals surface area contributed by atoms with Gasteiger partial charge in [0.1, 0.15) is 6.10 Å². The van der Waals surface area contributed by atoms with Crippen molar-refractivity contribution in [2.75, 3.05) is 14.2 Å². The fraction of sp³-hybridized carbons (Fsp3) is 0.316. The zero-order valence-electron chi connectivity index (χ0n) is 14.5. The van der Waals surface area contributed by atoms with Crippen LogP contribution in [0.25, 0.3) is 0 Å². The molecule has 2 N–H and O–H groups in total. The number of phenols is 2. The number of carbonyl (C=O) groups is 1. The number of phenolic OH excluding ortho intramolecular Hbond substituents is 2. The predicted molar refractivity (Wildman–Crippen MR) is 91.1 cm³/mol. The number of ether oxygens (including phenoxy) is 3. The summed E-state index contributed by atoms with van der Waals surface area (Å²) in [6, 6.07) is 6.49. The number of rotatable bonds is 4. The number of carbonyl (C=O) groups excluding carboxylic acids is 1. The number of methoxy groups -OCH3 is 2. The van der Waals surface area contributed by atoms with E-state index >= 15 is 0 Å². The first-order chi connectivity index (χ1) is 11.9. The molecule has 0 amide bonds. The normalized spacial score (nSPS) is 18.4. The third kappa shape index (κ3) is 2.63. The van der Waals surface area contributed by atoms with Crippen molar-refractivity contribution in [1.82, 2.24) is 0 Å². The Labute approximate surface area is 145 Å². The van der Waals surface area contributed by atoms with Crippen LogP contribution in [0.5, 0.6) is 28.7 Å². The van der Waals surface area contributed by atoms with Crippen molar-refractivity contribution in [2.24, 2.45) is 0 Å². The molecule has 6 heteroatoms. The van der Waals surface area contributed by atoms with Crippen LogP contribution in [0.15, 0.2) is 24.3 Å². The summed E-state index contributed by atoms with van der Waals surface area (Å²) >= 11 is 0. The summed E-state index contributed by atoms with van der Waals surface area (Å²) in [5.74, 6) is 0.402. The quantitative estimate of drug-likeness (QED) is 0.652. The van der Waals surface area contributed by atoms with Gasteiger partial charge in [0.2, 0.25) is 5.75 Å². The van der Waals surface area contributed by atoms with E-state index in [2.05, 4.69) is 0 Å². The summed E-state index contributed by atoms with van der Waals surface area (Å²) in [6.45, 7) is 3.45. The van der Waals surface area contributed by atoms with Crippen LogP contribution in [0, 0.1) is 0 Å². The fourth-order valence-electron chi connectivity index (χ4n) is 3.29. The summed E-state index contributed by atoms with van der Waals surface area (Å²) in [6.07, 6.45) is -0.454. The molecule has 132 valence electrons. The van der Waals surface area contributed by atoms with Gasteiger partial charge in [-0.2, -0.15) is 0 Å². The van der Waals surface area contributed by atoms with Crippen LogP contribution in [0.2, 0.25) is 0 Å². The van der Waals surface area contributed by atoms with Crippen molar-refractivity contribution in [3.8, 4) is 28.7 Å². The Bertz CT molecular complexity index is 842. The number of aromatic hydroxyl groups is 2. The van der Waals surface area contributed by atoms with Gasteiger partial charge in [-0.15, -0.1) is 0 Å². The van der Waals surface area contributed by atoms with E-state index in [1.54, 1.807) is 25.3 Å². The lowest BCUT2D eigenvalue weighted by atomic mass is 9.88. The molecule has 2 aromatic rings. The van der Waals surface area contributed by atoms with Crippen LogP contribution in [-0.4, -0.2) is 30.2 Å². The van der Waals surface area contributed by atoms with E-state index in [1.165, 1.54) is 20.1 Å². The SMILES string of the molecule is COc1cc(C2Oc3c(OC)ccc(C(C)=O)c3C2C)cc(O)c1O. The second-order valence-corrected chi connectivity index (χ2v) is 6.03. The van der Waals surface area contributed by atoms with E-state index in [9.17, 15) is 15.0 Å². The number of Topliss-reactive ketones (excluding diaryl/α,β-unsaturated/α-hetero) is 1. The van der Waals surface area contributed by atoms with E-state index in [-0.39, 0.29) is 28.9 Å². The second-order valence-electron chi connectivity index (χ2n) is 6.03. The van der Waals surface area contributed by atoms with E-state index in [0.29, 0.717) is 22.6 Å². The Kier molecular flexibility index (Phi) is 4.20. The highest BCUT2D eigenvalue weighted by atomic mass is 16.5. The highest BCUT2D eigenvalue weighted by Crippen LogP contribution is 2.53. The third-order valence-corrected chi connectivity index (χ3v) is 4.54. The van der Waals surface area contributed by atoms with Gasteiger partial charge in [-0.25, -0.2) is 0 Å². The second kappa shape index (κ2) is 6.20. The van der Waals surface area contributed by atoms with Gasteiger partial charge in [-0.3, -0.25) is 4.79 Å². The topological polar surface area (TPSA) is 85.2 Å². The zero-order chi connectivity index (χ0) is 18.3. The number of hydrogen-bond donors (Lipinski definition) is 2. The first-order valence-electron chi connectivity index (χ1n) is 7.87. The maximum atomic E-state index is 12.0. The number of benzene rings is 2. The van der Waals surface area contributed by atoms with Crippen molar-refractivity contribution < 1.29 is 29.2 Å². The summed E-state index contributed by atoms with van der Waals surface area (Å²) in [4.78, 5) is 12.0. The lowest BCUT2D eigenvalue weighted by Crippen LogP contribution is -2.08. The Morgan fingerprint density at radius 2 is 1.80 bits per heavy atom. The van der Waals surface area contributed by atoms with Crippen LogP contribution in [-0.2, 0) is 0 Å². The van der Waals surface area contributed by atoms with Gasteiger partial charge in [0.15, 0.2) is 28.8 Å². The summed E-state index contributed by atoms with van der Waals surface area (Å²) < 4.78 is 16.5. The minimum Gasteiger partial charge on any atom is -0.504 e.